The number of nitrogens with zero attached hydrogens (tertiary/aromatic N) is 1. The van der Waals surface area contributed by atoms with Crippen LogP contribution in [0.15, 0.2) is 17.0 Å². The van der Waals surface area contributed by atoms with Gasteiger partial charge in [-0.25, -0.2) is 13.6 Å². The van der Waals surface area contributed by atoms with Gasteiger partial charge >= 0.3 is 11.5 Å². The van der Waals surface area contributed by atoms with Crippen LogP contribution in [-0.2, 0) is 4.74 Å². The van der Waals surface area contributed by atoms with Gasteiger partial charge in [0.25, 0.3) is 6.43 Å². The van der Waals surface area contributed by atoms with Crippen molar-refractivity contribution in [3.05, 3.63) is 28.8 Å². The summed E-state index contributed by atoms with van der Waals surface area (Å²) in [4.78, 5) is 10.6. The van der Waals surface area contributed by atoms with Gasteiger partial charge in [-0.3, -0.25) is 0 Å². The first-order chi connectivity index (χ1) is 9.21. The molecule has 0 aliphatic heterocycles. The van der Waals surface area contributed by atoms with Gasteiger partial charge in [0.1, 0.15) is 6.07 Å². The van der Waals surface area contributed by atoms with Crippen molar-refractivity contribution in [2.24, 2.45) is 0 Å². The van der Waals surface area contributed by atoms with Crippen LogP contribution in [0.1, 0.15) is 27.9 Å². The summed E-state index contributed by atoms with van der Waals surface area (Å²) in [6.45, 7) is 0. The van der Waals surface area contributed by atoms with Crippen LogP contribution in [0.5, 0.6) is 0 Å². The Labute approximate surface area is 114 Å². The second-order valence-electron chi connectivity index (χ2n) is 3.35. The van der Waals surface area contributed by atoms with Crippen LogP contribution in [0.4, 0.5) is 22.0 Å². The Morgan fingerprint density at radius 2 is 2.00 bits per heavy atom. The van der Waals surface area contributed by atoms with Crippen LogP contribution in [0, 0.1) is 11.3 Å². The Bertz CT molecular complexity index is 565. The van der Waals surface area contributed by atoms with Crippen molar-refractivity contribution in [2.45, 2.75) is 16.8 Å². The molecule has 0 aliphatic rings. The third-order valence-corrected chi connectivity index (χ3v) is 2.96. The Kier molecular flexibility index (Phi) is 4.94. The highest BCUT2D eigenvalue weighted by Crippen LogP contribution is 2.41. The summed E-state index contributed by atoms with van der Waals surface area (Å²) < 4.78 is 67.0. The molecule has 1 aromatic carbocycles. The molecular formula is C11H6F5NO2S. The molecule has 0 atom stereocenters. The molecule has 0 saturated carbocycles. The molecule has 0 aliphatic carbocycles. The van der Waals surface area contributed by atoms with Crippen LogP contribution in [0.2, 0.25) is 0 Å². The summed E-state index contributed by atoms with van der Waals surface area (Å²) in [5.74, 6) is -1.15. The van der Waals surface area contributed by atoms with Gasteiger partial charge in [-0.05, 0) is 23.9 Å². The minimum Gasteiger partial charge on any atom is -0.465 e. The lowest BCUT2D eigenvalue weighted by Crippen LogP contribution is -2.10. The fourth-order valence-electron chi connectivity index (χ4n) is 1.44. The highest BCUT2D eigenvalue weighted by molar-refractivity contribution is 8.00. The predicted molar refractivity (Wildman–Crippen MR) is 59.4 cm³/mol. The van der Waals surface area contributed by atoms with E-state index in [1.54, 1.807) is 0 Å². The number of alkyl halides is 5. The van der Waals surface area contributed by atoms with E-state index in [2.05, 4.69) is 4.74 Å². The van der Waals surface area contributed by atoms with E-state index in [1.165, 1.54) is 6.07 Å². The van der Waals surface area contributed by atoms with E-state index >= 15 is 0 Å². The van der Waals surface area contributed by atoms with Crippen molar-refractivity contribution in [2.75, 3.05) is 7.11 Å². The second kappa shape index (κ2) is 6.09. The molecular weight excluding hydrogens is 305 g/mol. The zero-order valence-electron chi connectivity index (χ0n) is 9.79. The van der Waals surface area contributed by atoms with E-state index in [9.17, 15) is 26.7 Å². The molecule has 0 spiro atoms. The normalized spacial score (nSPS) is 11.3. The number of carbonyl (C=O) groups is 1. The molecule has 0 fully saturated rings. The summed E-state index contributed by atoms with van der Waals surface area (Å²) in [6, 6.07) is 2.85. The van der Waals surface area contributed by atoms with Crippen LogP contribution < -0.4 is 0 Å². The lowest BCUT2D eigenvalue weighted by molar-refractivity contribution is -0.0328. The molecule has 3 nitrogen and oxygen atoms in total. The lowest BCUT2D eigenvalue weighted by Gasteiger charge is -2.13. The van der Waals surface area contributed by atoms with Crippen molar-refractivity contribution in [3.63, 3.8) is 0 Å². The maximum absolute atomic E-state index is 12.9. The first kappa shape index (κ1) is 16.2. The van der Waals surface area contributed by atoms with Crippen molar-refractivity contribution in [3.8, 4) is 6.07 Å². The third kappa shape index (κ3) is 3.60. The number of ether oxygens (including phenoxy) is 1. The van der Waals surface area contributed by atoms with Gasteiger partial charge in [-0.15, -0.1) is 0 Å². The molecule has 108 valence electrons. The first-order valence-electron chi connectivity index (χ1n) is 4.90. The summed E-state index contributed by atoms with van der Waals surface area (Å²) in [7, 11) is 0.933. The maximum atomic E-state index is 12.9. The number of rotatable bonds is 3. The molecule has 1 aromatic rings. The largest absolute Gasteiger partial charge is 0.465 e. The van der Waals surface area contributed by atoms with Gasteiger partial charge < -0.3 is 4.74 Å². The Morgan fingerprint density at radius 1 is 1.40 bits per heavy atom. The number of thioether (sulfide) groups is 1. The minimum atomic E-state index is -4.74. The van der Waals surface area contributed by atoms with Crippen LogP contribution in [-0.4, -0.2) is 18.6 Å². The molecule has 0 N–H and O–H groups in total. The highest BCUT2D eigenvalue weighted by atomic mass is 32.2. The molecule has 20 heavy (non-hydrogen) atoms. The standard InChI is InChI=1S/C11H6F5NO2S/c1-19-10(18)5-2-3-7(20-11(14,15)16)6(4-17)8(5)9(12)13/h2-3,9H,1H3. The minimum absolute atomic E-state index is 0.634. The average molecular weight is 311 g/mol. The molecule has 0 unspecified atom stereocenters. The lowest BCUT2D eigenvalue weighted by atomic mass is 10.0. The zero-order chi connectivity index (χ0) is 15.5. The van der Waals surface area contributed by atoms with Gasteiger partial charge in [0, 0.05) is 4.90 Å². The number of methoxy groups -OCH3 is 1. The quantitative estimate of drug-likeness (QED) is 0.483. The van der Waals surface area contributed by atoms with Crippen molar-refractivity contribution >= 4 is 17.7 Å². The Hall–Kier alpha value is -1.82. The van der Waals surface area contributed by atoms with Crippen molar-refractivity contribution in [1.82, 2.24) is 0 Å². The van der Waals surface area contributed by atoms with Gasteiger partial charge in [-0.1, -0.05) is 0 Å². The highest BCUT2D eigenvalue weighted by Gasteiger charge is 2.33. The van der Waals surface area contributed by atoms with Crippen LogP contribution in [0.3, 0.4) is 0 Å². The molecule has 0 bridgehead atoms. The number of hydrogen-bond donors (Lipinski definition) is 0. The predicted octanol–water partition coefficient (Wildman–Crippen LogP) is 3.89. The average Bonchev–Trinajstić information content (AvgIpc) is 2.35. The monoisotopic (exact) mass is 311 g/mol. The number of carbonyl (C=O) groups excluding carboxylic acids is 1. The SMILES string of the molecule is COC(=O)c1ccc(SC(F)(F)F)c(C#N)c1C(F)F. The van der Waals surface area contributed by atoms with Crippen molar-refractivity contribution in [1.29, 1.82) is 5.26 Å². The summed E-state index contributed by atoms with van der Waals surface area (Å²) in [5.41, 5.74) is -7.32. The Balaban J connectivity index is 3.51. The zero-order valence-corrected chi connectivity index (χ0v) is 10.6. The van der Waals surface area contributed by atoms with E-state index < -0.39 is 51.3 Å². The fraction of sp³-hybridized carbons (Fsp3) is 0.273. The molecule has 0 amide bonds. The smallest absolute Gasteiger partial charge is 0.446 e. The number of halogens is 5. The van der Waals surface area contributed by atoms with Crippen LogP contribution >= 0.6 is 11.8 Å². The van der Waals surface area contributed by atoms with Gasteiger partial charge in [-0.2, -0.15) is 18.4 Å². The number of benzene rings is 1. The third-order valence-electron chi connectivity index (χ3n) is 2.17. The van der Waals surface area contributed by atoms with Crippen molar-refractivity contribution < 1.29 is 31.5 Å². The number of hydrogen-bond acceptors (Lipinski definition) is 4. The maximum Gasteiger partial charge on any atom is 0.446 e. The number of nitriles is 1. The molecule has 0 aromatic heterocycles. The van der Waals surface area contributed by atoms with Gasteiger partial charge in [0.05, 0.1) is 23.8 Å². The summed E-state index contributed by atoms with van der Waals surface area (Å²) in [6.07, 6.45) is -3.28. The number of esters is 1. The van der Waals surface area contributed by atoms with Crippen LogP contribution in [0.25, 0.3) is 0 Å². The Morgan fingerprint density at radius 3 is 2.40 bits per heavy atom. The van der Waals surface area contributed by atoms with E-state index in [4.69, 9.17) is 5.26 Å². The molecule has 0 radical (unpaired) electrons. The van der Waals surface area contributed by atoms with E-state index in [0.29, 0.717) is 0 Å². The molecule has 1 rings (SSSR count). The fourth-order valence-corrected chi connectivity index (χ4v) is 2.08. The van der Waals surface area contributed by atoms with Gasteiger partial charge in [0.2, 0.25) is 0 Å². The summed E-state index contributed by atoms with van der Waals surface area (Å²) in [5, 5.41) is 8.81. The van der Waals surface area contributed by atoms with Gasteiger partial charge in [0.15, 0.2) is 0 Å². The van der Waals surface area contributed by atoms with E-state index in [0.717, 1.165) is 19.2 Å². The molecule has 0 heterocycles. The topological polar surface area (TPSA) is 50.1 Å². The van der Waals surface area contributed by atoms with E-state index in [1.807, 2.05) is 0 Å². The molecule has 0 saturated heterocycles. The van der Waals surface area contributed by atoms with E-state index in [-0.39, 0.29) is 0 Å². The first-order valence-corrected chi connectivity index (χ1v) is 5.72. The molecule has 9 heteroatoms. The second-order valence-corrected chi connectivity index (χ2v) is 4.46. The summed E-state index contributed by atoms with van der Waals surface area (Å²) >= 11 is -0.696.